The number of esters is 2. The highest BCUT2D eigenvalue weighted by atomic mass is 16.6. The van der Waals surface area contributed by atoms with E-state index in [2.05, 4.69) is 0 Å². The molecule has 6 nitrogen and oxygen atoms in total. The fraction of sp³-hybridized carbons (Fsp3) is 0.500. The summed E-state index contributed by atoms with van der Waals surface area (Å²) in [6, 6.07) is 8.98. The van der Waals surface area contributed by atoms with Crippen LogP contribution in [0.3, 0.4) is 0 Å². The van der Waals surface area contributed by atoms with Crippen molar-refractivity contribution in [2.24, 2.45) is 0 Å². The van der Waals surface area contributed by atoms with Crippen molar-refractivity contribution in [2.75, 3.05) is 13.2 Å². The molecule has 0 aliphatic heterocycles. The van der Waals surface area contributed by atoms with Crippen molar-refractivity contribution in [3.05, 3.63) is 35.9 Å². The molecule has 3 unspecified atom stereocenters. The largest absolute Gasteiger partial charge is 0.464 e. The van der Waals surface area contributed by atoms with Gasteiger partial charge in [-0.25, -0.2) is 9.59 Å². The minimum absolute atomic E-state index is 0.0115. The molecule has 0 fully saturated rings. The average Bonchev–Trinajstić information content (AvgIpc) is 2.51. The summed E-state index contributed by atoms with van der Waals surface area (Å²) in [7, 11) is 0. The van der Waals surface area contributed by atoms with E-state index in [1.807, 2.05) is 6.07 Å². The van der Waals surface area contributed by atoms with E-state index in [9.17, 15) is 14.7 Å². The number of aliphatic hydroxyl groups excluding tert-OH is 1. The number of carbonyl (C=O) groups is 2. The van der Waals surface area contributed by atoms with Crippen molar-refractivity contribution in [1.82, 2.24) is 0 Å². The molecule has 0 heterocycles. The zero-order valence-electron chi connectivity index (χ0n) is 13.0. The molecule has 0 saturated carbocycles. The van der Waals surface area contributed by atoms with Crippen molar-refractivity contribution in [2.45, 2.75) is 39.1 Å². The Bertz CT molecular complexity index is 471. The molecule has 1 N–H and O–H groups in total. The molecule has 1 rings (SSSR count). The Morgan fingerprint density at radius 2 is 1.77 bits per heavy atom. The third kappa shape index (κ3) is 5.83. The van der Waals surface area contributed by atoms with Gasteiger partial charge in [0.1, 0.15) is 6.10 Å². The van der Waals surface area contributed by atoms with Gasteiger partial charge in [-0.2, -0.15) is 0 Å². The number of rotatable bonds is 8. The maximum absolute atomic E-state index is 11.6. The predicted molar refractivity (Wildman–Crippen MR) is 79.0 cm³/mol. The van der Waals surface area contributed by atoms with Gasteiger partial charge < -0.3 is 19.3 Å². The van der Waals surface area contributed by atoms with Gasteiger partial charge in [-0.05, 0) is 26.3 Å². The van der Waals surface area contributed by atoms with Crippen molar-refractivity contribution in [3.63, 3.8) is 0 Å². The van der Waals surface area contributed by atoms with Gasteiger partial charge in [-0.1, -0.05) is 30.3 Å². The number of ether oxygens (including phenoxy) is 3. The third-order valence-electron chi connectivity index (χ3n) is 2.89. The molecule has 1 aromatic rings. The Morgan fingerprint density at radius 3 is 2.32 bits per heavy atom. The van der Waals surface area contributed by atoms with Crippen LogP contribution in [0.2, 0.25) is 0 Å². The SMILES string of the molecule is CCOC(=O)C(C)OCC(OC(=O)C(C)O)c1ccccc1. The fourth-order valence-corrected chi connectivity index (χ4v) is 1.66. The second kappa shape index (κ2) is 9.17. The standard InChI is InChI=1S/C16H22O6/c1-4-20-16(19)12(3)21-10-14(22-15(18)11(2)17)13-8-6-5-7-9-13/h5-9,11-12,14,17H,4,10H2,1-3H3. The molecule has 0 radical (unpaired) electrons. The summed E-state index contributed by atoms with van der Waals surface area (Å²) in [4.78, 5) is 23.1. The van der Waals surface area contributed by atoms with Crippen LogP contribution in [0.25, 0.3) is 0 Å². The number of benzene rings is 1. The van der Waals surface area contributed by atoms with E-state index in [4.69, 9.17) is 14.2 Å². The Balaban J connectivity index is 2.70. The summed E-state index contributed by atoms with van der Waals surface area (Å²) in [5, 5.41) is 9.26. The first kappa shape index (κ1) is 18.1. The minimum Gasteiger partial charge on any atom is -0.464 e. The smallest absolute Gasteiger partial charge is 0.335 e. The highest BCUT2D eigenvalue weighted by molar-refractivity contribution is 5.74. The van der Waals surface area contributed by atoms with Crippen LogP contribution in [0, 0.1) is 0 Å². The van der Waals surface area contributed by atoms with Gasteiger partial charge in [-0.15, -0.1) is 0 Å². The highest BCUT2D eigenvalue weighted by Gasteiger charge is 2.23. The number of carbonyl (C=O) groups excluding carboxylic acids is 2. The van der Waals surface area contributed by atoms with E-state index in [1.54, 1.807) is 38.1 Å². The quantitative estimate of drug-likeness (QED) is 0.735. The molecule has 22 heavy (non-hydrogen) atoms. The Morgan fingerprint density at radius 1 is 1.14 bits per heavy atom. The van der Waals surface area contributed by atoms with Gasteiger partial charge in [0, 0.05) is 0 Å². The van der Waals surface area contributed by atoms with Crippen LogP contribution >= 0.6 is 0 Å². The predicted octanol–water partition coefficient (Wildman–Crippen LogP) is 1.62. The van der Waals surface area contributed by atoms with E-state index in [1.165, 1.54) is 6.92 Å². The summed E-state index contributed by atoms with van der Waals surface area (Å²) >= 11 is 0. The van der Waals surface area contributed by atoms with Crippen LogP contribution in [-0.2, 0) is 23.8 Å². The van der Waals surface area contributed by atoms with E-state index < -0.39 is 30.3 Å². The summed E-state index contributed by atoms with van der Waals surface area (Å²) < 4.78 is 15.5. The second-order valence-electron chi connectivity index (χ2n) is 4.74. The van der Waals surface area contributed by atoms with Gasteiger partial charge in [0.2, 0.25) is 0 Å². The van der Waals surface area contributed by atoms with Crippen molar-refractivity contribution in [1.29, 1.82) is 0 Å². The molecule has 1 aromatic carbocycles. The summed E-state index contributed by atoms with van der Waals surface area (Å²) in [6.07, 6.45) is -2.70. The number of hydrogen-bond acceptors (Lipinski definition) is 6. The normalized spacial score (nSPS) is 14.7. The van der Waals surface area contributed by atoms with Crippen LogP contribution in [0.1, 0.15) is 32.4 Å². The molecule has 0 amide bonds. The maximum atomic E-state index is 11.6. The van der Waals surface area contributed by atoms with E-state index in [0.29, 0.717) is 5.56 Å². The van der Waals surface area contributed by atoms with Crippen molar-refractivity contribution < 1.29 is 28.9 Å². The molecule has 6 heteroatoms. The minimum atomic E-state index is -1.23. The molecule has 0 aliphatic carbocycles. The average molecular weight is 310 g/mol. The lowest BCUT2D eigenvalue weighted by Crippen LogP contribution is -2.28. The van der Waals surface area contributed by atoms with Gasteiger partial charge in [0.15, 0.2) is 12.2 Å². The van der Waals surface area contributed by atoms with E-state index in [-0.39, 0.29) is 13.2 Å². The summed E-state index contributed by atoms with van der Waals surface area (Å²) in [5.41, 5.74) is 0.715. The van der Waals surface area contributed by atoms with E-state index >= 15 is 0 Å². The summed E-state index contributed by atoms with van der Waals surface area (Å²) in [5.74, 6) is -1.22. The van der Waals surface area contributed by atoms with Crippen LogP contribution < -0.4 is 0 Å². The maximum Gasteiger partial charge on any atom is 0.335 e. The van der Waals surface area contributed by atoms with Crippen LogP contribution in [0.4, 0.5) is 0 Å². The van der Waals surface area contributed by atoms with Gasteiger partial charge in [-0.3, -0.25) is 0 Å². The lowest BCUT2D eigenvalue weighted by atomic mass is 10.1. The molecule has 0 spiro atoms. The van der Waals surface area contributed by atoms with Gasteiger partial charge in [0.05, 0.1) is 13.2 Å². The highest BCUT2D eigenvalue weighted by Crippen LogP contribution is 2.19. The molecular weight excluding hydrogens is 288 g/mol. The first-order chi connectivity index (χ1) is 10.5. The third-order valence-corrected chi connectivity index (χ3v) is 2.89. The second-order valence-corrected chi connectivity index (χ2v) is 4.74. The monoisotopic (exact) mass is 310 g/mol. The van der Waals surface area contributed by atoms with E-state index in [0.717, 1.165) is 0 Å². The van der Waals surface area contributed by atoms with Gasteiger partial charge in [0.25, 0.3) is 0 Å². The topological polar surface area (TPSA) is 82.1 Å². The zero-order chi connectivity index (χ0) is 16.5. The summed E-state index contributed by atoms with van der Waals surface area (Å²) in [6.45, 7) is 4.86. The first-order valence-corrected chi connectivity index (χ1v) is 7.17. The molecule has 0 bridgehead atoms. The van der Waals surface area contributed by atoms with Crippen LogP contribution in [-0.4, -0.2) is 42.5 Å². The molecule has 0 aromatic heterocycles. The number of aliphatic hydroxyl groups is 1. The van der Waals surface area contributed by atoms with Crippen LogP contribution in [0.5, 0.6) is 0 Å². The van der Waals surface area contributed by atoms with Gasteiger partial charge >= 0.3 is 11.9 Å². The van der Waals surface area contributed by atoms with Crippen molar-refractivity contribution >= 4 is 11.9 Å². The Hall–Kier alpha value is -1.92. The Kier molecular flexibility index (Phi) is 7.56. The Labute approximate surface area is 130 Å². The molecular formula is C16H22O6. The van der Waals surface area contributed by atoms with Crippen LogP contribution in [0.15, 0.2) is 30.3 Å². The number of hydrogen-bond donors (Lipinski definition) is 1. The molecule has 3 atom stereocenters. The first-order valence-electron chi connectivity index (χ1n) is 7.17. The lowest BCUT2D eigenvalue weighted by Gasteiger charge is -2.21. The molecule has 0 saturated heterocycles. The van der Waals surface area contributed by atoms with Crippen molar-refractivity contribution in [3.8, 4) is 0 Å². The molecule has 122 valence electrons. The lowest BCUT2D eigenvalue weighted by molar-refractivity contribution is -0.167. The zero-order valence-corrected chi connectivity index (χ0v) is 13.0. The molecule has 0 aliphatic rings. The fourth-order valence-electron chi connectivity index (χ4n) is 1.66.